The summed E-state index contributed by atoms with van der Waals surface area (Å²) < 4.78 is 0. The lowest BCUT2D eigenvalue weighted by molar-refractivity contribution is 0.161. The van der Waals surface area contributed by atoms with E-state index in [1.54, 1.807) is 0 Å². The van der Waals surface area contributed by atoms with Crippen LogP contribution in [0.15, 0.2) is 24.3 Å². The molecule has 1 saturated heterocycles. The van der Waals surface area contributed by atoms with Gasteiger partial charge in [0.15, 0.2) is 0 Å². The highest BCUT2D eigenvalue weighted by atomic mass is 15.3. The van der Waals surface area contributed by atoms with Crippen LogP contribution in [0.25, 0.3) is 0 Å². The van der Waals surface area contributed by atoms with Gasteiger partial charge >= 0.3 is 0 Å². The molecule has 3 aliphatic rings. The minimum absolute atomic E-state index is 0.628. The van der Waals surface area contributed by atoms with Crippen molar-refractivity contribution < 1.29 is 0 Å². The first-order chi connectivity index (χ1) is 16.6. The molecule has 1 aromatic heterocycles. The fourth-order valence-electron chi connectivity index (χ4n) is 5.13. The lowest BCUT2D eigenvalue weighted by atomic mass is 10.0. The number of nitriles is 1. The molecule has 1 atom stereocenters. The number of hydrogen-bond acceptors (Lipinski definition) is 6. The van der Waals surface area contributed by atoms with Gasteiger partial charge in [-0.15, -0.1) is 0 Å². The number of anilines is 3. The molecule has 1 aromatic carbocycles. The molecule has 0 amide bonds. The summed E-state index contributed by atoms with van der Waals surface area (Å²) in [5, 5.41) is 12.8. The average molecular weight is 459 g/mol. The fourth-order valence-corrected chi connectivity index (χ4v) is 5.13. The lowest BCUT2D eigenvalue weighted by Gasteiger charge is -2.40. The van der Waals surface area contributed by atoms with E-state index in [2.05, 4.69) is 34.2 Å². The van der Waals surface area contributed by atoms with E-state index in [-0.39, 0.29) is 0 Å². The Morgan fingerprint density at radius 2 is 1.85 bits per heavy atom. The number of hydrogen-bond donors (Lipinski definition) is 1. The lowest BCUT2D eigenvalue weighted by Crippen LogP contribution is -2.49. The van der Waals surface area contributed by atoms with Crippen LogP contribution in [0, 0.1) is 30.1 Å². The van der Waals surface area contributed by atoms with E-state index in [0.29, 0.717) is 17.6 Å². The van der Waals surface area contributed by atoms with Gasteiger partial charge in [-0.1, -0.05) is 19.4 Å². The molecule has 2 aromatic rings. The van der Waals surface area contributed by atoms with E-state index >= 15 is 0 Å². The molecule has 1 unspecified atom stereocenters. The third-order valence-electron chi connectivity index (χ3n) is 7.50. The quantitative estimate of drug-likeness (QED) is 0.511. The fraction of sp³-hybridized carbons (Fsp3) is 0.607. The van der Waals surface area contributed by atoms with Gasteiger partial charge in [0.05, 0.1) is 11.6 Å². The first kappa shape index (κ1) is 23.1. The SMILES string of the molecule is CCCc1cc(N2CCCC(N(CC3CC3)CC3CC3)C2)nc(Nc2ccc(C)c(C#N)c2)n1. The van der Waals surface area contributed by atoms with Gasteiger partial charge < -0.3 is 10.2 Å². The Morgan fingerprint density at radius 3 is 2.53 bits per heavy atom. The van der Waals surface area contributed by atoms with Gasteiger partial charge in [0.1, 0.15) is 5.82 Å². The zero-order valence-corrected chi connectivity index (χ0v) is 20.8. The zero-order chi connectivity index (χ0) is 23.5. The van der Waals surface area contributed by atoms with Crippen molar-refractivity contribution in [1.29, 1.82) is 5.26 Å². The minimum Gasteiger partial charge on any atom is -0.355 e. The number of aryl methyl sites for hydroxylation is 2. The maximum atomic E-state index is 9.40. The molecule has 1 N–H and O–H groups in total. The zero-order valence-electron chi connectivity index (χ0n) is 20.8. The van der Waals surface area contributed by atoms with Crippen LogP contribution in [-0.4, -0.2) is 47.1 Å². The van der Waals surface area contributed by atoms with Crippen molar-refractivity contribution in [3.8, 4) is 6.07 Å². The number of nitrogens with one attached hydrogen (secondary N) is 1. The van der Waals surface area contributed by atoms with Gasteiger partial charge in [0, 0.05) is 49.7 Å². The molecule has 2 aliphatic carbocycles. The van der Waals surface area contributed by atoms with Gasteiger partial charge in [-0.25, -0.2) is 4.98 Å². The second-order valence-electron chi connectivity index (χ2n) is 10.6. The molecule has 3 fully saturated rings. The third-order valence-corrected chi connectivity index (χ3v) is 7.50. The van der Waals surface area contributed by atoms with Gasteiger partial charge in [0.25, 0.3) is 0 Å². The van der Waals surface area contributed by atoms with Crippen molar-refractivity contribution >= 4 is 17.5 Å². The molecule has 6 nitrogen and oxygen atoms in total. The van der Waals surface area contributed by atoms with Crippen molar-refractivity contribution in [3.63, 3.8) is 0 Å². The largest absolute Gasteiger partial charge is 0.355 e. The highest BCUT2D eigenvalue weighted by Crippen LogP contribution is 2.36. The van der Waals surface area contributed by atoms with Crippen molar-refractivity contribution in [2.75, 3.05) is 36.4 Å². The average Bonchev–Trinajstić information content (AvgIpc) is 3.77. The molecule has 1 aliphatic heterocycles. The molecule has 0 radical (unpaired) electrons. The van der Waals surface area contributed by atoms with Crippen LogP contribution < -0.4 is 10.2 Å². The van der Waals surface area contributed by atoms with Gasteiger partial charge in [-0.05, 0) is 81.4 Å². The summed E-state index contributed by atoms with van der Waals surface area (Å²) in [6.45, 7) is 8.86. The Hall–Kier alpha value is -2.65. The van der Waals surface area contributed by atoms with Crippen molar-refractivity contribution in [3.05, 3.63) is 41.1 Å². The van der Waals surface area contributed by atoms with Gasteiger partial charge in [-0.3, -0.25) is 4.90 Å². The first-order valence-electron chi connectivity index (χ1n) is 13.3. The molecule has 6 heteroatoms. The predicted octanol–water partition coefficient (Wildman–Crippen LogP) is 5.44. The Morgan fingerprint density at radius 1 is 1.09 bits per heavy atom. The number of rotatable bonds is 10. The highest BCUT2D eigenvalue weighted by Gasteiger charge is 2.34. The van der Waals surface area contributed by atoms with E-state index in [1.165, 1.54) is 51.6 Å². The van der Waals surface area contributed by atoms with Crippen molar-refractivity contribution in [2.24, 2.45) is 11.8 Å². The summed E-state index contributed by atoms with van der Waals surface area (Å²) in [5.41, 5.74) is 3.60. The minimum atomic E-state index is 0.628. The standard InChI is InChI=1S/C28H38N6/c1-3-5-24-15-27(32-28(30-24)31-25-12-7-20(2)23(14-25)16-29)33-13-4-6-26(19-33)34(17-21-8-9-21)18-22-10-11-22/h7,12,14-15,21-22,26H,3-6,8-11,13,17-19H2,1-2H3,(H,30,31,32). The summed E-state index contributed by atoms with van der Waals surface area (Å²) >= 11 is 0. The first-order valence-corrected chi connectivity index (χ1v) is 13.3. The number of aromatic nitrogens is 2. The van der Waals surface area contributed by atoms with Crippen molar-refractivity contribution in [1.82, 2.24) is 14.9 Å². The highest BCUT2D eigenvalue weighted by molar-refractivity contribution is 5.59. The second-order valence-corrected chi connectivity index (χ2v) is 10.6. The summed E-state index contributed by atoms with van der Waals surface area (Å²) in [4.78, 5) is 15.1. The van der Waals surface area contributed by atoms with Crippen LogP contribution >= 0.6 is 0 Å². The summed E-state index contributed by atoms with van der Waals surface area (Å²) in [7, 11) is 0. The van der Waals surface area contributed by atoms with Crippen LogP contribution in [0.4, 0.5) is 17.5 Å². The Bertz CT molecular complexity index is 1020. The van der Waals surface area contributed by atoms with E-state index in [1.807, 2.05) is 25.1 Å². The Kier molecular flexibility index (Phi) is 7.01. The molecule has 0 bridgehead atoms. The molecule has 34 heavy (non-hydrogen) atoms. The summed E-state index contributed by atoms with van der Waals surface area (Å²) in [6, 6.07) is 11.0. The van der Waals surface area contributed by atoms with E-state index in [0.717, 1.165) is 60.5 Å². The molecule has 2 saturated carbocycles. The maximum absolute atomic E-state index is 9.40. The molecular formula is C28H38N6. The smallest absolute Gasteiger partial charge is 0.229 e. The maximum Gasteiger partial charge on any atom is 0.229 e. The predicted molar refractivity (Wildman–Crippen MR) is 137 cm³/mol. The summed E-state index contributed by atoms with van der Waals surface area (Å²) in [6.07, 6.45) is 10.2. The van der Waals surface area contributed by atoms with Crippen LogP contribution in [0.5, 0.6) is 0 Å². The molecular weight excluding hydrogens is 420 g/mol. The van der Waals surface area contributed by atoms with Crippen LogP contribution in [0.2, 0.25) is 0 Å². The van der Waals surface area contributed by atoms with E-state index < -0.39 is 0 Å². The number of benzene rings is 1. The monoisotopic (exact) mass is 458 g/mol. The van der Waals surface area contributed by atoms with Gasteiger partial charge in [-0.2, -0.15) is 10.2 Å². The van der Waals surface area contributed by atoms with Crippen molar-refractivity contribution in [2.45, 2.75) is 71.3 Å². The number of nitrogens with zero attached hydrogens (tertiary/aromatic N) is 5. The third kappa shape index (κ3) is 5.88. The Labute approximate surface area is 204 Å². The molecule has 0 spiro atoms. The van der Waals surface area contributed by atoms with Gasteiger partial charge in [0.2, 0.25) is 5.95 Å². The summed E-state index contributed by atoms with van der Waals surface area (Å²) in [5.74, 6) is 3.54. The molecule has 5 rings (SSSR count). The topological polar surface area (TPSA) is 68.1 Å². The Balaban J connectivity index is 1.35. The van der Waals surface area contributed by atoms with Crippen LogP contribution in [-0.2, 0) is 6.42 Å². The van der Waals surface area contributed by atoms with E-state index in [4.69, 9.17) is 9.97 Å². The molecule has 180 valence electrons. The van der Waals surface area contributed by atoms with E-state index in [9.17, 15) is 5.26 Å². The van der Waals surface area contributed by atoms with Crippen LogP contribution in [0.1, 0.15) is 68.7 Å². The molecule has 2 heterocycles. The normalized spacial score (nSPS) is 20.4. The second kappa shape index (κ2) is 10.3. The number of piperidine rings is 1. The van der Waals surface area contributed by atoms with Crippen LogP contribution in [0.3, 0.4) is 0 Å².